The zero-order valence-corrected chi connectivity index (χ0v) is 18.7. The van der Waals surface area contributed by atoms with Crippen LogP contribution in [0.2, 0.25) is 0 Å². The van der Waals surface area contributed by atoms with Crippen molar-refractivity contribution >= 4 is 34.3 Å². The number of anilines is 1. The van der Waals surface area contributed by atoms with E-state index < -0.39 is 39.7 Å². The summed E-state index contributed by atoms with van der Waals surface area (Å²) in [4.78, 5) is 42.9. The molecule has 3 rings (SSSR count). The molecule has 0 bridgehead atoms. The number of amides is 2. The third-order valence-electron chi connectivity index (χ3n) is 4.15. The molecule has 0 aliphatic rings. The Hall–Kier alpha value is -3.81. The lowest BCUT2D eigenvalue weighted by atomic mass is 10.1. The van der Waals surface area contributed by atoms with Crippen LogP contribution in [0.15, 0.2) is 28.8 Å². The van der Waals surface area contributed by atoms with Gasteiger partial charge < -0.3 is 19.9 Å². The molecule has 14 heteroatoms. The fraction of sp³-hybridized carbons (Fsp3) is 0.300. The lowest BCUT2D eigenvalue weighted by Crippen LogP contribution is -2.27. The van der Waals surface area contributed by atoms with Crippen molar-refractivity contribution in [1.29, 1.82) is 0 Å². The number of nitrogens with one attached hydrogen (secondary N) is 2. The van der Waals surface area contributed by atoms with E-state index in [1.54, 1.807) is 31.2 Å². The van der Waals surface area contributed by atoms with Gasteiger partial charge >= 0.3 is 12.1 Å². The first-order valence-electron chi connectivity index (χ1n) is 9.82. The largest absolute Gasteiger partial charge is 0.462 e. The number of aromatic nitrogens is 3. The van der Waals surface area contributed by atoms with Crippen molar-refractivity contribution in [3.8, 4) is 11.4 Å². The molecule has 0 atom stereocenters. The van der Waals surface area contributed by atoms with E-state index >= 15 is 0 Å². The Balaban J connectivity index is 1.58. The SMILES string of the molecule is CCOC(=O)c1sc(NC(=O)CCNC(=O)c2cccc(-c3noc(C)n3)c2)nc1C(F)(F)F. The fourth-order valence-electron chi connectivity index (χ4n) is 2.69. The number of hydrogen-bond donors (Lipinski definition) is 2. The lowest BCUT2D eigenvalue weighted by Gasteiger charge is -2.06. The van der Waals surface area contributed by atoms with Gasteiger partial charge in [-0.15, -0.1) is 0 Å². The van der Waals surface area contributed by atoms with E-state index in [2.05, 4.69) is 30.5 Å². The predicted octanol–water partition coefficient (Wildman–Crippen LogP) is 3.46. The average molecular weight is 497 g/mol. The highest BCUT2D eigenvalue weighted by atomic mass is 32.1. The van der Waals surface area contributed by atoms with E-state index in [9.17, 15) is 27.6 Å². The van der Waals surface area contributed by atoms with Gasteiger partial charge in [0.2, 0.25) is 17.6 Å². The van der Waals surface area contributed by atoms with E-state index in [0.29, 0.717) is 28.6 Å². The molecule has 0 saturated heterocycles. The van der Waals surface area contributed by atoms with E-state index in [1.165, 1.54) is 6.92 Å². The second kappa shape index (κ2) is 10.4. The highest BCUT2D eigenvalue weighted by Crippen LogP contribution is 2.36. The topological polar surface area (TPSA) is 136 Å². The van der Waals surface area contributed by atoms with Gasteiger partial charge in [0.1, 0.15) is 4.88 Å². The maximum atomic E-state index is 13.2. The van der Waals surface area contributed by atoms with Crippen LogP contribution in [0.5, 0.6) is 0 Å². The third kappa shape index (κ3) is 6.15. The average Bonchev–Trinajstić information content (AvgIpc) is 3.40. The first-order chi connectivity index (χ1) is 16.1. The molecule has 0 fully saturated rings. The maximum absolute atomic E-state index is 13.2. The normalized spacial score (nSPS) is 11.2. The van der Waals surface area contributed by atoms with Crippen LogP contribution < -0.4 is 10.6 Å². The van der Waals surface area contributed by atoms with Crippen LogP contribution in [0.25, 0.3) is 11.4 Å². The number of benzene rings is 1. The molecular formula is C20H18F3N5O5S. The second-order valence-electron chi connectivity index (χ2n) is 6.69. The minimum Gasteiger partial charge on any atom is -0.462 e. The van der Waals surface area contributed by atoms with Gasteiger partial charge in [0.25, 0.3) is 5.91 Å². The summed E-state index contributed by atoms with van der Waals surface area (Å²) in [5, 5.41) is 8.11. The summed E-state index contributed by atoms with van der Waals surface area (Å²) in [5.74, 6) is -1.68. The molecule has 1 aromatic carbocycles. The first-order valence-corrected chi connectivity index (χ1v) is 10.6. The fourth-order valence-corrected chi connectivity index (χ4v) is 3.59. The Morgan fingerprint density at radius 1 is 1.21 bits per heavy atom. The summed E-state index contributed by atoms with van der Waals surface area (Å²) >= 11 is 0.356. The molecule has 0 saturated carbocycles. The number of carbonyl (C=O) groups excluding carboxylic acids is 3. The van der Waals surface area contributed by atoms with Gasteiger partial charge in [0.15, 0.2) is 10.8 Å². The zero-order valence-electron chi connectivity index (χ0n) is 17.9. The molecule has 0 unspecified atom stereocenters. The quantitative estimate of drug-likeness (QED) is 0.452. The number of alkyl halides is 3. The van der Waals surface area contributed by atoms with Crippen LogP contribution >= 0.6 is 11.3 Å². The van der Waals surface area contributed by atoms with Crippen LogP contribution in [0, 0.1) is 6.92 Å². The maximum Gasteiger partial charge on any atom is 0.435 e. The van der Waals surface area contributed by atoms with Crippen molar-refractivity contribution in [1.82, 2.24) is 20.4 Å². The Kier molecular flexibility index (Phi) is 7.61. The van der Waals surface area contributed by atoms with Crippen LogP contribution in [-0.4, -0.2) is 46.1 Å². The van der Waals surface area contributed by atoms with Crippen molar-refractivity contribution in [2.45, 2.75) is 26.4 Å². The number of halogens is 3. The smallest absolute Gasteiger partial charge is 0.435 e. The minimum atomic E-state index is -4.90. The standard InChI is InChI=1S/C20H18F3N5O5S/c1-3-32-18(31)14-15(20(21,22)23)27-19(34-14)26-13(29)7-8-24-17(30)12-6-4-5-11(9-12)16-25-10(2)33-28-16/h4-6,9H,3,7-8H2,1-2H3,(H,24,30)(H,26,27,29). The Morgan fingerprint density at radius 3 is 2.62 bits per heavy atom. The molecule has 2 aromatic heterocycles. The van der Waals surface area contributed by atoms with Gasteiger partial charge in [-0.05, 0) is 19.1 Å². The molecule has 10 nitrogen and oxygen atoms in total. The van der Waals surface area contributed by atoms with Crippen molar-refractivity contribution in [2.24, 2.45) is 0 Å². The third-order valence-corrected chi connectivity index (χ3v) is 5.10. The molecular weight excluding hydrogens is 479 g/mol. The van der Waals surface area contributed by atoms with E-state index in [1.807, 2.05) is 0 Å². The van der Waals surface area contributed by atoms with Gasteiger partial charge in [0, 0.05) is 31.0 Å². The summed E-state index contributed by atoms with van der Waals surface area (Å²) in [6.45, 7) is 2.86. The molecule has 0 radical (unpaired) electrons. The van der Waals surface area contributed by atoms with Crippen molar-refractivity contribution in [3.05, 3.63) is 46.3 Å². The van der Waals surface area contributed by atoms with E-state index in [0.717, 1.165) is 0 Å². The molecule has 2 amide bonds. The molecule has 180 valence electrons. The summed E-state index contributed by atoms with van der Waals surface area (Å²) in [5.41, 5.74) is -0.589. The summed E-state index contributed by atoms with van der Waals surface area (Å²) in [6.07, 6.45) is -5.14. The minimum absolute atomic E-state index is 0.0988. The predicted molar refractivity (Wildman–Crippen MR) is 113 cm³/mol. The summed E-state index contributed by atoms with van der Waals surface area (Å²) in [7, 11) is 0. The van der Waals surface area contributed by atoms with Gasteiger partial charge in [0.05, 0.1) is 6.61 Å². The number of carbonyl (C=O) groups is 3. The van der Waals surface area contributed by atoms with Crippen LogP contribution in [0.3, 0.4) is 0 Å². The number of rotatable bonds is 8. The molecule has 0 aliphatic carbocycles. The Labute approximate surface area is 194 Å². The highest BCUT2D eigenvalue weighted by molar-refractivity contribution is 7.17. The summed E-state index contributed by atoms with van der Waals surface area (Å²) < 4.78 is 49.0. The first kappa shape index (κ1) is 24.8. The van der Waals surface area contributed by atoms with Gasteiger partial charge in [-0.25, -0.2) is 9.78 Å². The highest BCUT2D eigenvalue weighted by Gasteiger charge is 2.40. The lowest BCUT2D eigenvalue weighted by molar-refractivity contribution is -0.141. The summed E-state index contributed by atoms with van der Waals surface area (Å²) in [6, 6.07) is 6.43. The monoisotopic (exact) mass is 497 g/mol. The molecule has 3 aromatic rings. The Bertz CT molecular complexity index is 1210. The number of hydrogen-bond acceptors (Lipinski definition) is 9. The van der Waals surface area contributed by atoms with Crippen molar-refractivity contribution < 1.29 is 36.8 Å². The molecule has 34 heavy (non-hydrogen) atoms. The number of aryl methyl sites for hydroxylation is 1. The molecule has 0 spiro atoms. The Morgan fingerprint density at radius 2 is 1.97 bits per heavy atom. The van der Waals surface area contributed by atoms with Crippen molar-refractivity contribution in [2.75, 3.05) is 18.5 Å². The van der Waals surface area contributed by atoms with Gasteiger partial charge in [-0.1, -0.05) is 28.6 Å². The number of esters is 1. The van der Waals surface area contributed by atoms with Gasteiger partial charge in [-0.3, -0.25) is 9.59 Å². The number of nitrogens with zero attached hydrogens (tertiary/aromatic N) is 3. The number of thiazole rings is 1. The van der Waals surface area contributed by atoms with E-state index in [4.69, 9.17) is 4.52 Å². The zero-order chi connectivity index (χ0) is 24.9. The van der Waals surface area contributed by atoms with Crippen LogP contribution in [-0.2, 0) is 15.7 Å². The molecule has 0 aliphatic heterocycles. The van der Waals surface area contributed by atoms with Crippen molar-refractivity contribution in [3.63, 3.8) is 0 Å². The van der Waals surface area contributed by atoms with Crippen LogP contribution in [0.1, 0.15) is 45.0 Å². The molecule has 2 heterocycles. The number of ether oxygens (including phenoxy) is 1. The van der Waals surface area contributed by atoms with Gasteiger partial charge in [-0.2, -0.15) is 18.2 Å². The van der Waals surface area contributed by atoms with Crippen LogP contribution in [0.4, 0.5) is 18.3 Å². The van der Waals surface area contributed by atoms with E-state index in [-0.39, 0.29) is 25.1 Å². The second-order valence-corrected chi connectivity index (χ2v) is 7.69. The molecule has 2 N–H and O–H groups in total.